The lowest BCUT2D eigenvalue weighted by Crippen LogP contribution is -2.07. The fourth-order valence-electron chi connectivity index (χ4n) is 0.312. The van der Waals surface area contributed by atoms with Crippen molar-refractivity contribution in [3.8, 4) is 0 Å². The Labute approximate surface area is 48.0 Å². The zero-order chi connectivity index (χ0) is 6.57. The summed E-state index contributed by atoms with van der Waals surface area (Å²) in [5, 5.41) is 10.7. The predicted molar refractivity (Wildman–Crippen MR) is 30.2 cm³/mol. The van der Waals surface area contributed by atoms with Crippen LogP contribution in [0.5, 0.6) is 0 Å². The minimum Gasteiger partial charge on any atom is -0.411 e. The molecule has 0 aromatic carbocycles. The lowest BCUT2D eigenvalue weighted by atomic mass is 10.2. The van der Waals surface area contributed by atoms with Gasteiger partial charge in [0.2, 0.25) is 0 Å². The van der Waals surface area contributed by atoms with E-state index in [-0.39, 0.29) is 11.5 Å². The maximum absolute atomic E-state index is 10.5. The average Bonchev–Trinajstić information content (AvgIpc) is 1.84. The number of carbonyl (C=O) groups is 1. The van der Waals surface area contributed by atoms with E-state index in [9.17, 15) is 4.79 Å². The quantitative estimate of drug-likeness (QED) is 0.329. The zero-order valence-electron chi connectivity index (χ0n) is 5.01. The van der Waals surface area contributed by atoms with Gasteiger partial charge < -0.3 is 5.21 Å². The molecule has 0 fully saturated rings. The molecule has 0 atom stereocenters. The number of hydrogen-bond donors (Lipinski definition) is 1. The minimum atomic E-state index is -0.118. The van der Waals surface area contributed by atoms with Crippen LogP contribution in [-0.4, -0.2) is 16.7 Å². The van der Waals surface area contributed by atoms with E-state index in [1.165, 1.54) is 6.92 Å². The molecule has 46 valence electrons. The third-order valence-electron chi connectivity index (χ3n) is 0.875. The summed E-state index contributed by atoms with van der Waals surface area (Å²) in [5.41, 5.74) is 0.174. The summed E-state index contributed by atoms with van der Waals surface area (Å²) >= 11 is 0. The Balaban J connectivity index is 3.83. The van der Waals surface area contributed by atoms with Crippen molar-refractivity contribution < 1.29 is 10.0 Å². The molecule has 0 rings (SSSR count). The normalized spacial score (nSPS) is 11.5. The van der Waals surface area contributed by atoms with E-state index < -0.39 is 0 Å². The minimum absolute atomic E-state index is 0.118. The van der Waals surface area contributed by atoms with E-state index in [0.29, 0.717) is 6.42 Å². The largest absolute Gasteiger partial charge is 0.411 e. The molecule has 0 aromatic rings. The summed E-state index contributed by atoms with van der Waals surface area (Å²) in [6, 6.07) is 0. The molecule has 3 heteroatoms. The van der Waals surface area contributed by atoms with Crippen molar-refractivity contribution in [3.63, 3.8) is 0 Å². The highest BCUT2D eigenvalue weighted by atomic mass is 16.4. The van der Waals surface area contributed by atoms with Crippen LogP contribution in [0.1, 0.15) is 20.3 Å². The van der Waals surface area contributed by atoms with Crippen LogP contribution in [0.4, 0.5) is 0 Å². The number of ketones is 1. The third kappa shape index (κ3) is 1.73. The van der Waals surface area contributed by atoms with Gasteiger partial charge in [0.15, 0.2) is 5.78 Å². The maximum atomic E-state index is 10.5. The molecule has 0 aliphatic heterocycles. The first-order valence-electron chi connectivity index (χ1n) is 2.44. The van der Waals surface area contributed by atoms with E-state index in [1.54, 1.807) is 6.92 Å². The van der Waals surface area contributed by atoms with Gasteiger partial charge in [0, 0.05) is 6.42 Å². The van der Waals surface area contributed by atoms with Crippen molar-refractivity contribution in [2.45, 2.75) is 20.3 Å². The van der Waals surface area contributed by atoms with E-state index in [4.69, 9.17) is 5.21 Å². The Morgan fingerprint density at radius 1 is 1.75 bits per heavy atom. The molecular formula is C5H9NO2. The molecule has 0 unspecified atom stereocenters. The van der Waals surface area contributed by atoms with Crippen LogP contribution in [0.2, 0.25) is 0 Å². The number of oxime groups is 1. The number of carbonyl (C=O) groups excluding carboxylic acids is 1. The van der Waals surface area contributed by atoms with Crippen LogP contribution in [0.15, 0.2) is 5.16 Å². The summed E-state index contributed by atoms with van der Waals surface area (Å²) in [6.07, 6.45) is 0.399. The molecule has 0 amide bonds. The molecule has 0 bridgehead atoms. The highest BCUT2D eigenvalue weighted by Crippen LogP contribution is 1.83. The zero-order valence-corrected chi connectivity index (χ0v) is 5.01. The van der Waals surface area contributed by atoms with Gasteiger partial charge in [-0.25, -0.2) is 0 Å². The van der Waals surface area contributed by atoms with Gasteiger partial charge in [-0.1, -0.05) is 12.1 Å². The van der Waals surface area contributed by atoms with Crippen LogP contribution in [0, 0.1) is 0 Å². The number of nitrogens with zero attached hydrogens (tertiary/aromatic N) is 1. The van der Waals surface area contributed by atoms with Crippen molar-refractivity contribution in [1.82, 2.24) is 0 Å². The molecule has 0 aliphatic carbocycles. The second kappa shape index (κ2) is 3.18. The molecule has 0 heterocycles. The smallest absolute Gasteiger partial charge is 0.179 e. The Morgan fingerprint density at radius 2 is 2.25 bits per heavy atom. The third-order valence-corrected chi connectivity index (χ3v) is 0.875. The molecule has 0 saturated carbocycles. The fourth-order valence-corrected chi connectivity index (χ4v) is 0.312. The molecule has 3 nitrogen and oxygen atoms in total. The van der Waals surface area contributed by atoms with Crippen LogP contribution in [0.3, 0.4) is 0 Å². The molecule has 1 N–H and O–H groups in total. The van der Waals surface area contributed by atoms with E-state index in [2.05, 4.69) is 5.16 Å². The second-order valence-electron chi connectivity index (χ2n) is 1.46. The molecule has 0 aromatic heterocycles. The van der Waals surface area contributed by atoms with Crippen molar-refractivity contribution in [1.29, 1.82) is 0 Å². The summed E-state index contributed by atoms with van der Waals surface area (Å²) in [7, 11) is 0. The number of hydrogen-bond acceptors (Lipinski definition) is 3. The molecule has 0 spiro atoms. The molecule has 0 aliphatic rings. The van der Waals surface area contributed by atoms with Crippen LogP contribution < -0.4 is 0 Å². The Hall–Kier alpha value is -0.860. The van der Waals surface area contributed by atoms with Gasteiger partial charge in [0.05, 0.1) is 0 Å². The van der Waals surface area contributed by atoms with E-state index in [0.717, 1.165) is 0 Å². The van der Waals surface area contributed by atoms with Crippen LogP contribution in [0.25, 0.3) is 0 Å². The van der Waals surface area contributed by atoms with Gasteiger partial charge in [0.25, 0.3) is 0 Å². The van der Waals surface area contributed by atoms with Gasteiger partial charge in [-0.3, -0.25) is 4.79 Å². The van der Waals surface area contributed by atoms with Gasteiger partial charge in [-0.2, -0.15) is 0 Å². The standard InChI is InChI=1S/C5H9NO2/c1-3-5(7)4(2)6-8/h8H,3H2,1-2H3/b6-4+. The van der Waals surface area contributed by atoms with Crippen LogP contribution >= 0.6 is 0 Å². The highest BCUT2D eigenvalue weighted by molar-refractivity contribution is 6.38. The van der Waals surface area contributed by atoms with Gasteiger partial charge in [0.1, 0.15) is 5.71 Å². The summed E-state index contributed by atoms with van der Waals surface area (Å²) in [6.45, 7) is 3.20. The first-order chi connectivity index (χ1) is 3.72. The SMILES string of the molecule is CCC(=O)/C(C)=N/O. The highest BCUT2D eigenvalue weighted by Gasteiger charge is 2.00. The summed E-state index contributed by atoms with van der Waals surface area (Å²) < 4.78 is 0. The second-order valence-corrected chi connectivity index (χ2v) is 1.46. The maximum Gasteiger partial charge on any atom is 0.179 e. The predicted octanol–water partition coefficient (Wildman–Crippen LogP) is 0.816. The van der Waals surface area contributed by atoms with E-state index in [1.807, 2.05) is 0 Å². The Bertz CT molecular complexity index is 118. The van der Waals surface area contributed by atoms with Crippen molar-refractivity contribution in [2.24, 2.45) is 5.16 Å². The van der Waals surface area contributed by atoms with Gasteiger partial charge in [-0.05, 0) is 6.92 Å². The lowest BCUT2D eigenvalue weighted by Gasteiger charge is -1.88. The van der Waals surface area contributed by atoms with Gasteiger partial charge >= 0.3 is 0 Å². The topological polar surface area (TPSA) is 49.7 Å². The van der Waals surface area contributed by atoms with Crippen molar-refractivity contribution in [2.75, 3.05) is 0 Å². The first-order valence-corrected chi connectivity index (χ1v) is 2.44. The number of Topliss-reactive ketones (excluding diaryl/α,β-unsaturated/α-hetero) is 1. The van der Waals surface area contributed by atoms with Crippen molar-refractivity contribution in [3.05, 3.63) is 0 Å². The monoisotopic (exact) mass is 115 g/mol. The summed E-state index contributed by atoms with van der Waals surface area (Å²) in [5.74, 6) is -0.118. The van der Waals surface area contributed by atoms with Crippen molar-refractivity contribution >= 4 is 11.5 Å². The molecule has 0 saturated heterocycles. The lowest BCUT2D eigenvalue weighted by molar-refractivity contribution is -0.112. The van der Waals surface area contributed by atoms with E-state index >= 15 is 0 Å². The Morgan fingerprint density at radius 3 is 2.38 bits per heavy atom. The molecule has 0 radical (unpaired) electrons. The first kappa shape index (κ1) is 7.14. The Kier molecular flexibility index (Phi) is 2.84. The fraction of sp³-hybridized carbons (Fsp3) is 0.600. The summed E-state index contributed by atoms with van der Waals surface area (Å²) in [4.78, 5) is 10.5. The average molecular weight is 115 g/mol. The molecular weight excluding hydrogens is 106 g/mol. The number of rotatable bonds is 2. The molecule has 8 heavy (non-hydrogen) atoms. The van der Waals surface area contributed by atoms with Gasteiger partial charge in [-0.15, -0.1) is 0 Å². The van der Waals surface area contributed by atoms with Crippen LogP contribution in [-0.2, 0) is 4.79 Å².